The normalized spacial score (nSPS) is 10.4. The second-order valence-electron chi connectivity index (χ2n) is 5.46. The second kappa shape index (κ2) is 9.75. The molecule has 0 fully saturated rings. The zero-order valence-electron chi connectivity index (χ0n) is 14.3. The lowest BCUT2D eigenvalue weighted by atomic mass is 10.2. The maximum absolute atomic E-state index is 12.0. The molecular formula is C18H18ClNO4S2. The van der Waals surface area contributed by atoms with Gasteiger partial charge in [0.05, 0.1) is 11.5 Å². The number of ether oxygens (including phenoxy) is 1. The number of carbonyl (C=O) groups is 3. The molecule has 0 saturated heterocycles. The van der Waals surface area contributed by atoms with E-state index in [0.29, 0.717) is 16.3 Å². The number of aryl methyl sites for hydroxylation is 2. The molecule has 138 valence electrons. The van der Waals surface area contributed by atoms with E-state index in [-0.39, 0.29) is 29.8 Å². The van der Waals surface area contributed by atoms with E-state index in [1.807, 2.05) is 13.8 Å². The molecule has 1 amide bonds. The van der Waals surface area contributed by atoms with Crippen LogP contribution >= 0.6 is 34.7 Å². The lowest BCUT2D eigenvalue weighted by molar-refractivity contribution is -0.139. The summed E-state index contributed by atoms with van der Waals surface area (Å²) in [6.45, 7) is 3.50. The van der Waals surface area contributed by atoms with Gasteiger partial charge in [0, 0.05) is 26.0 Å². The van der Waals surface area contributed by atoms with Crippen molar-refractivity contribution in [3.63, 3.8) is 0 Å². The number of esters is 1. The van der Waals surface area contributed by atoms with Crippen molar-refractivity contribution in [2.75, 3.05) is 23.4 Å². The monoisotopic (exact) mass is 411 g/mol. The third-order valence-electron chi connectivity index (χ3n) is 3.29. The van der Waals surface area contributed by atoms with Crippen molar-refractivity contribution in [3.05, 3.63) is 50.7 Å². The van der Waals surface area contributed by atoms with Gasteiger partial charge in [-0.25, -0.2) is 0 Å². The number of halogens is 1. The minimum Gasteiger partial charge on any atom is -0.457 e. The molecule has 5 nitrogen and oxygen atoms in total. The number of carbonyl (C=O) groups excluding carboxylic acids is 3. The topological polar surface area (TPSA) is 72.5 Å². The highest BCUT2D eigenvalue weighted by atomic mass is 35.5. The van der Waals surface area contributed by atoms with Gasteiger partial charge in [-0.3, -0.25) is 14.4 Å². The summed E-state index contributed by atoms with van der Waals surface area (Å²) in [5, 5.41) is 3.29. The van der Waals surface area contributed by atoms with Crippen molar-refractivity contribution in [1.82, 2.24) is 0 Å². The highest BCUT2D eigenvalue weighted by Gasteiger charge is 2.14. The quantitative estimate of drug-likeness (QED) is 0.522. The zero-order valence-corrected chi connectivity index (χ0v) is 16.7. The second-order valence-corrected chi connectivity index (χ2v) is 8.34. The molecule has 0 aliphatic carbocycles. The fourth-order valence-electron chi connectivity index (χ4n) is 2.13. The van der Waals surface area contributed by atoms with Crippen molar-refractivity contribution in [2.45, 2.75) is 13.8 Å². The van der Waals surface area contributed by atoms with Gasteiger partial charge in [0.25, 0.3) is 0 Å². The van der Waals surface area contributed by atoms with E-state index in [0.717, 1.165) is 21.5 Å². The number of Topliss-reactive ketones (excluding diaryl/α,β-unsaturated/α-hetero) is 1. The highest BCUT2D eigenvalue weighted by molar-refractivity contribution is 8.00. The summed E-state index contributed by atoms with van der Waals surface area (Å²) in [5.74, 6) is -0.860. The van der Waals surface area contributed by atoms with Crippen molar-refractivity contribution in [3.8, 4) is 0 Å². The number of hydrogen-bond acceptors (Lipinski definition) is 6. The summed E-state index contributed by atoms with van der Waals surface area (Å²) in [6, 6.07) is 8.54. The molecule has 8 heteroatoms. The molecule has 26 heavy (non-hydrogen) atoms. The van der Waals surface area contributed by atoms with Crippen LogP contribution in [0.1, 0.15) is 20.1 Å². The number of amides is 1. The van der Waals surface area contributed by atoms with Gasteiger partial charge in [-0.15, -0.1) is 23.1 Å². The Labute approximate surface area is 165 Å². The summed E-state index contributed by atoms with van der Waals surface area (Å²) in [7, 11) is 0. The van der Waals surface area contributed by atoms with Gasteiger partial charge in [-0.05, 0) is 44.2 Å². The minimum absolute atomic E-state index is 0.00294. The van der Waals surface area contributed by atoms with Crippen LogP contribution in [0.3, 0.4) is 0 Å². The standard InChI is InChI=1S/C18H18ClNO4S2/c1-11-7-15(12(2)26-11)16(21)8-24-18(23)10-25-9-17(22)20-14-5-3-13(19)4-6-14/h3-7H,8-10H2,1-2H3,(H,20,22). The summed E-state index contributed by atoms with van der Waals surface area (Å²) >= 11 is 8.43. The van der Waals surface area contributed by atoms with Crippen LogP contribution in [0.4, 0.5) is 5.69 Å². The third-order valence-corrected chi connectivity index (χ3v) is 5.41. The van der Waals surface area contributed by atoms with Gasteiger partial charge in [0.1, 0.15) is 0 Å². The fraction of sp³-hybridized carbons (Fsp3) is 0.278. The SMILES string of the molecule is Cc1cc(C(=O)COC(=O)CSCC(=O)Nc2ccc(Cl)cc2)c(C)s1. The lowest BCUT2D eigenvalue weighted by Crippen LogP contribution is -2.18. The molecule has 1 aromatic carbocycles. The van der Waals surface area contributed by atoms with E-state index in [1.54, 1.807) is 30.3 Å². The Bertz CT molecular complexity index is 802. The molecule has 2 rings (SSSR count). The number of ketones is 1. The van der Waals surface area contributed by atoms with E-state index in [4.69, 9.17) is 16.3 Å². The predicted octanol–water partition coefficient (Wildman–Crippen LogP) is 4.12. The van der Waals surface area contributed by atoms with Crippen LogP contribution in [0, 0.1) is 13.8 Å². The van der Waals surface area contributed by atoms with Crippen molar-refractivity contribution >= 4 is 58.0 Å². The first kappa shape index (κ1) is 20.5. The summed E-state index contributed by atoms with van der Waals surface area (Å²) in [6.07, 6.45) is 0. The number of anilines is 1. The van der Waals surface area contributed by atoms with E-state index in [1.165, 1.54) is 11.3 Å². The molecule has 1 N–H and O–H groups in total. The molecular weight excluding hydrogens is 394 g/mol. The van der Waals surface area contributed by atoms with Crippen LogP contribution in [0.2, 0.25) is 5.02 Å². The van der Waals surface area contributed by atoms with E-state index < -0.39 is 5.97 Å². The average Bonchev–Trinajstić information content (AvgIpc) is 2.93. The number of thioether (sulfide) groups is 1. The Morgan fingerprint density at radius 2 is 1.85 bits per heavy atom. The first-order valence-electron chi connectivity index (χ1n) is 7.74. The maximum Gasteiger partial charge on any atom is 0.316 e. The van der Waals surface area contributed by atoms with E-state index in [2.05, 4.69) is 5.32 Å². The number of thiophene rings is 1. The van der Waals surface area contributed by atoms with Gasteiger partial charge in [0.15, 0.2) is 6.61 Å². The van der Waals surface area contributed by atoms with Crippen LogP contribution in [0.15, 0.2) is 30.3 Å². The molecule has 0 unspecified atom stereocenters. The Kier molecular flexibility index (Phi) is 7.68. The molecule has 1 heterocycles. The molecule has 0 atom stereocenters. The van der Waals surface area contributed by atoms with Gasteiger partial charge in [0.2, 0.25) is 11.7 Å². The number of benzene rings is 1. The Hall–Kier alpha value is -1.83. The van der Waals surface area contributed by atoms with Crippen molar-refractivity contribution < 1.29 is 19.1 Å². The van der Waals surface area contributed by atoms with Crippen LogP contribution in [-0.4, -0.2) is 35.8 Å². The fourth-order valence-corrected chi connectivity index (χ4v) is 3.81. The molecule has 0 bridgehead atoms. The molecule has 0 aliphatic rings. The van der Waals surface area contributed by atoms with Crippen LogP contribution in [0.25, 0.3) is 0 Å². The molecule has 0 spiro atoms. The Morgan fingerprint density at radius 3 is 2.46 bits per heavy atom. The first-order chi connectivity index (χ1) is 12.3. The van der Waals surface area contributed by atoms with Crippen molar-refractivity contribution in [1.29, 1.82) is 0 Å². The summed E-state index contributed by atoms with van der Waals surface area (Å²) in [4.78, 5) is 37.5. The van der Waals surface area contributed by atoms with Crippen LogP contribution in [-0.2, 0) is 14.3 Å². The van der Waals surface area contributed by atoms with Gasteiger partial charge in [-0.1, -0.05) is 11.6 Å². The number of rotatable bonds is 8. The Morgan fingerprint density at radius 1 is 1.15 bits per heavy atom. The van der Waals surface area contributed by atoms with Crippen LogP contribution in [0.5, 0.6) is 0 Å². The molecule has 1 aromatic heterocycles. The summed E-state index contributed by atoms with van der Waals surface area (Å²) < 4.78 is 4.98. The molecule has 0 saturated carbocycles. The van der Waals surface area contributed by atoms with Crippen LogP contribution < -0.4 is 5.32 Å². The number of nitrogens with one attached hydrogen (secondary N) is 1. The highest BCUT2D eigenvalue weighted by Crippen LogP contribution is 2.21. The van der Waals surface area contributed by atoms with Gasteiger partial charge < -0.3 is 10.1 Å². The first-order valence-corrected chi connectivity index (χ1v) is 10.1. The Balaban J connectivity index is 1.67. The van der Waals surface area contributed by atoms with Crippen molar-refractivity contribution in [2.24, 2.45) is 0 Å². The molecule has 2 aromatic rings. The van der Waals surface area contributed by atoms with Gasteiger partial charge >= 0.3 is 5.97 Å². The predicted molar refractivity (Wildman–Crippen MR) is 106 cm³/mol. The van der Waals surface area contributed by atoms with E-state index >= 15 is 0 Å². The largest absolute Gasteiger partial charge is 0.457 e. The smallest absolute Gasteiger partial charge is 0.316 e. The van der Waals surface area contributed by atoms with E-state index in [9.17, 15) is 14.4 Å². The molecule has 0 aliphatic heterocycles. The molecule has 0 radical (unpaired) electrons. The average molecular weight is 412 g/mol. The number of hydrogen-bond donors (Lipinski definition) is 1. The lowest BCUT2D eigenvalue weighted by Gasteiger charge is -2.06. The maximum atomic E-state index is 12.0. The third kappa shape index (κ3) is 6.48. The zero-order chi connectivity index (χ0) is 19.1. The minimum atomic E-state index is -0.521. The summed E-state index contributed by atoms with van der Waals surface area (Å²) in [5.41, 5.74) is 1.23. The van der Waals surface area contributed by atoms with Gasteiger partial charge in [-0.2, -0.15) is 0 Å².